The fraction of sp³-hybridized carbons (Fsp3) is 0.250. The number of benzene rings is 1. The molecule has 15 heavy (non-hydrogen) atoms. The summed E-state index contributed by atoms with van der Waals surface area (Å²) >= 11 is 0. The first-order valence-corrected chi connectivity index (χ1v) is 4.85. The van der Waals surface area contributed by atoms with E-state index in [0.717, 1.165) is 5.56 Å². The van der Waals surface area contributed by atoms with E-state index in [1.165, 1.54) is 0 Å². The highest BCUT2D eigenvalue weighted by atomic mass is 16.5. The van der Waals surface area contributed by atoms with Crippen LogP contribution in [0.3, 0.4) is 0 Å². The largest absolute Gasteiger partial charge is 0.462 e. The van der Waals surface area contributed by atoms with E-state index in [2.05, 4.69) is 0 Å². The second kappa shape index (κ2) is 5.20. The summed E-state index contributed by atoms with van der Waals surface area (Å²) in [7, 11) is 0. The highest BCUT2D eigenvalue weighted by Gasteiger charge is 2.14. The Labute approximate surface area is 89.5 Å². The van der Waals surface area contributed by atoms with E-state index in [1.807, 2.05) is 30.3 Å². The molecule has 0 aliphatic carbocycles. The molecule has 0 atom stereocenters. The van der Waals surface area contributed by atoms with Crippen LogP contribution in [0.1, 0.15) is 19.4 Å². The number of rotatable bonds is 3. The van der Waals surface area contributed by atoms with Gasteiger partial charge in [-0.1, -0.05) is 30.3 Å². The van der Waals surface area contributed by atoms with Gasteiger partial charge < -0.3 is 10.5 Å². The maximum Gasteiger partial charge on any atom is 0.340 e. The van der Waals surface area contributed by atoms with Crippen molar-refractivity contribution >= 4 is 11.5 Å². The summed E-state index contributed by atoms with van der Waals surface area (Å²) in [5.41, 5.74) is 7.38. The smallest absolute Gasteiger partial charge is 0.340 e. The quantitative estimate of drug-likeness (QED) is 0.606. The molecular weight excluding hydrogens is 190 g/mol. The van der Waals surface area contributed by atoms with E-state index in [9.17, 15) is 4.79 Å². The average molecular weight is 205 g/mol. The van der Waals surface area contributed by atoms with Gasteiger partial charge in [0.05, 0.1) is 12.2 Å². The Bertz CT molecular complexity index is 364. The molecule has 0 radical (unpaired) electrons. The van der Waals surface area contributed by atoms with Gasteiger partial charge in [-0.2, -0.15) is 0 Å². The number of esters is 1. The number of hydrogen-bond acceptors (Lipinski definition) is 3. The van der Waals surface area contributed by atoms with Crippen LogP contribution in [0, 0.1) is 0 Å². The molecule has 0 spiro atoms. The third-order valence-electron chi connectivity index (χ3n) is 1.94. The molecule has 0 saturated heterocycles. The number of nitrogens with two attached hydrogens (primary N) is 1. The first kappa shape index (κ1) is 11.3. The zero-order valence-electron chi connectivity index (χ0n) is 8.99. The van der Waals surface area contributed by atoms with Gasteiger partial charge in [0.25, 0.3) is 0 Å². The SMILES string of the molecule is CCOC(=O)C(=C(C)N)c1ccccc1. The van der Waals surface area contributed by atoms with Crippen LogP contribution in [0.2, 0.25) is 0 Å². The maximum atomic E-state index is 11.6. The highest BCUT2D eigenvalue weighted by Crippen LogP contribution is 2.17. The molecule has 0 bridgehead atoms. The summed E-state index contributed by atoms with van der Waals surface area (Å²) < 4.78 is 4.94. The topological polar surface area (TPSA) is 52.3 Å². The number of ether oxygens (including phenoxy) is 1. The number of allylic oxidation sites excluding steroid dienone is 1. The van der Waals surface area contributed by atoms with Crippen molar-refractivity contribution in [2.45, 2.75) is 13.8 Å². The van der Waals surface area contributed by atoms with Crippen LogP contribution >= 0.6 is 0 Å². The fourth-order valence-corrected chi connectivity index (χ4v) is 1.31. The minimum absolute atomic E-state index is 0.350. The summed E-state index contributed by atoms with van der Waals surface area (Å²) in [5, 5.41) is 0. The van der Waals surface area contributed by atoms with E-state index in [4.69, 9.17) is 10.5 Å². The van der Waals surface area contributed by atoms with Crippen LogP contribution in [-0.2, 0) is 9.53 Å². The molecule has 0 heterocycles. The van der Waals surface area contributed by atoms with E-state index in [-0.39, 0.29) is 5.97 Å². The Morgan fingerprint density at radius 1 is 1.33 bits per heavy atom. The molecule has 2 N–H and O–H groups in total. The van der Waals surface area contributed by atoms with Gasteiger partial charge in [-0.25, -0.2) is 4.79 Å². The van der Waals surface area contributed by atoms with Gasteiger partial charge >= 0.3 is 5.97 Å². The van der Waals surface area contributed by atoms with Crippen molar-refractivity contribution in [3.8, 4) is 0 Å². The Morgan fingerprint density at radius 3 is 2.40 bits per heavy atom. The molecule has 1 aromatic carbocycles. The molecule has 3 heteroatoms. The first-order chi connectivity index (χ1) is 7.16. The number of hydrogen-bond donors (Lipinski definition) is 1. The Balaban J connectivity index is 3.06. The fourth-order valence-electron chi connectivity index (χ4n) is 1.31. The van der Waals surface area contributed by atoms with Crippen molar-refractivity contribution in [3.63, 3.8) is 0 Å². The molecule has 0 saturated carbocycles. The van der Waals surface area contributed by atoms with Gasteiger partial charge in [0, 0.05) is 5.70 Å². The second-order valence-corrected chi connectivity index (χ2v) is 3.14. The van der Waals surface area contributed by atoms with Gasteiger partial charge in [-0.3, -0.25) is 0 Å². The lowest BCUT2D eigenvalue weighted by atomic mass is 10.0. The molecule has 1 rings (SSSR count). The second-order valence-electron chi connectivity index (χ2n) is 3.14. The summed E-state index contributed by atoms with van der Waals surface area (Å²) in [5.74, 6) is -0.372. The van der Waals surface area contributed by atoms with Crippen LogP contribution in [0.15, 0.2) is 36.0 Å². The number of carbonyl (C=O) groups excluding carboxylic acids is 1. The zero-order valence-corrected chi connectivity index (χ0v) is 8.99. The van der Waals surface area contributed by atoms with Crippen molar-refractivity contribution in [3.05, 3.63) is 41.6 Å². The lowest BCUT2D eigenvalue weighted by molar-refractivity contribution is -0.136. The Kier molecular flexibility index (Phi) is 3.92. The monoisotopic (exact) mass is 205 g/mol. The lowest BCUT2D eigenvalue weighted by Crippen LogP contribution is -2.11. The molecule has 0 unspecified atom stereocenters. The molecule has 3 nitrogen and oxygen atoms in total. The van der Waals surface area contributed by atoms with Gasteiger partial charge in [0.15, 0.2) is 0 Å². The molecule has 1 aromatic rings. The van der Waals surface area contributed by atoms with E-state index in [0.29, 0.717) is 17.9 Å². The Morgan fingerprint density at radius 2 is 1.93 bits per heavy atom. The molecule has 0 aliphatic heterocycles. The zero-order chi connectivity index (χ0) is 11.3. The van der Waals surface area contributed by atoms with Gasteiger partial charge in [0.1, 0.15) is 0 Å². The minimum Gasteiger partial charge on any atom is -0.462 e. The lowest BCUT2D eigenvalue weighted by Gasteiger charge is -2.08. The molecule has 0 amide bonds. The molecule has 0 fully saturated rings. The van der Waals surface area contributed by atoms with Crippen molar-refractivity contribution in [2.24, 2.45) is 5.73 Å². The van der Waals surface area contributed by atoms with Gasteiger partial charge in [-0.15, -0.1) is 0 Å². The minimum atomic E-state index is -0.372. The van der Waals surface area contributed by atoms with Crippen molar-refractivity contribution in [1.29, 1.82) is 0 Å². The van der Waals surface area contributed by atoms with Crippen LogP contribution < -0.4 is 5.73 Å². The molecule has 0 aromatic heterocycles. The predicted octanol–water partition coefficient (Wildman–Crippen LogP) is 1.94. The standard InChI is InChI=1S/C12H15NO2/c1-3-15-12(14)11(9(2)13)10-7-5-4-6-8-10/h4-8H,3,13H2,1-2H3. The normalized spacial score (nSPS) is 11.9. The average Bonchev–Trinajstić information content (AvgIpc) is 2.19. The van der Waals surface area contributed by atoms with E-state index in [1.54, 1.807) is 13.8 Å². The highest BCUT2D eigenvalue weighted by molar-refractivity contribution is 6.17. The predicted molar refractivity (Wildman–Crippen MR) is 59.9 cm³/mol. The number of carbonyl (C=O) groups is 1. The molecular formula is C12H15NO2. The van der Waals surface area contributed by atoms with Gasteiger partial charge in [0.2, 0.25) is 0 Å². The molecule has 0 aliphatic rings. The van der Waals surface area contributed by atoms with E-state index >= 15 is 0 Å². The summed E-state index contributed by atoms with van der Waals surface area (Å²) in [6.45, 7) is 3.81. The van der Waals surface area contributed by atoms with E-state index < -0.39 is 0 Å². The summed E-state index contributed by atoms with van der Waals surface area (Å²) in [4.78, 5) is 11.6. The summed E-state index contributed by atoms with van der Waals surface area (Å²) in [6, 6.07) is 9.28. The van der Waals surface area contributed by atoms with Crippen LogP contribution in [-0.4, -0.2) is 12.6 Å². The molecule has 80 valence electrons. The third-order valence-corrected chi connectivity index (χ3v) is 1.94. The van der Waals surface area contributed by atoms with Crippen LogP contribution in [0.4, 0.5) is 0 Å². The Hall–Kier alpha value is -1.77. The first-order valence-electron chi connectivity index (χ1n) is 4.85. The van der Waals surface area contributed by atoms with Gasteiger partial charge in [-0.05, 0) is 19.4 Å². The van der Waals surface area contributed by atoms with Crippen molar-refractivity contribution < 1.29 is 9.53 Å². The van der Waals surface area contributed by atoms with Crippen LogP contribution in [0.25, 0.3) is 5.57 Å². The van der Waals surface area contributed by atoms with Crippen molar-refractivity contribution in [1.82, 2.24) is 0 Å². The third kappa shape index (κ3) is 2.84. The van der Waals surface area contributed by atoms with Crippen LogP contribution in [0.5, 0.6) is 0 Å². The summed E-state index contributed by atoms with van der Waals surface area (Å²) in [6.07, 6.45) is 0. The van der Waals surface area contributed by atoms with Crippen molar-refractivity contribution in [2.75, 3.05) is 6.61 Å². The maximum absolute atomic E-state index is 11.6.